The van der Waals surface area contributed by atoms with E-state index in [0.29, 0.717) is 25.0 Å². The van der Waals surface area contributed by atoms with Crippen LogP contribution in [0.2, 0.25) is 0 Å². The van der Waals surface area contributed by atoms with Gasteiger partial charge in [0, 0.05) is 36.6 Å². The van der Waals surface area contributed by atoms with Gasteiger partial charge in [-0.25, -0.2) is 13.1 Å². The average molecular weight is 330 g/mol. The van der Waals surface area contributed by atoms with E-state index in [2.05, 4.69) is 14.8 Å². The summed E-state index contributed by atoms with van der Waals surface area (Å²) in [7, 11) is -3.59. The number of sulfonamides is 1. The molecule has 6 nitrogen and oxygen atoms in total. The van der Waals surface area contributed by atoms with Crippen molar-refractivity contribution in [2.24, 2.45) is 0 Å². The summed E-state index contributed by atoms with van der Waals surface area (Å²) >= 11 is 0. The standard InChI is InChI=1S/C16H18N4O2S/c1-13-7-8-14-5-2-6-15(16(14)19-13)23(21,22)18-10-4-12-20-11-3-9-17-20/h2-3,5-9,11,18H,4,10,12H2,1H3. The van der Waals surface area contributed by atoms with Crippen LogP contribution in [0.3, 0.4) is 0 Å². The van der Waals surface area contributed by atoms with Gasteiger partial charge in [0.25, 0.3) is 0 Å². The van der Waals surface area contributed by atoms with Crippen LogP contribution >= 0.6 is 0 Å². The molecule has 120 valence electrons. The van der Waals surface area contributed by atoms with Crippen LogP contribution < -0.4 is 4.72 Å². The summed E-state index contributed by atoms with van der Waals surface area (Å²) in [6.45, 7) is 2.87. The van der Waals surface area contributed by atoms with Gasteiger partial charge in [-0.15, -0.1) is 0 Å². The van der Waals surface area contributed by atoms with Crippen LogP contribution in [-0.4, -0.2) is 29.7 Å². The van der Waals surface area contributed by atoms with E-state index in [-0.39, 0.29) is 4.90 Å². The molecule has 0 aliphatic carbocycles. The third kappa shape index (κ3) is 3.57. The number of aryl methyl sites for hydroxylation is 2. The summed E-state index contributed by atoms with van der Waals surface area (Å²) in [6, 6.07) is 10.8. The zero-order valence-electron chi connectivity index (χ0n) is 12.8. The Morgan fingerprint density at radius 1 is 1.17 bits per heavy atom. The summed E-state index contributed by atoms with van der Waals surface area (Å²) in [5.74, 6) is 0. The van der Waals surface area contributed by atoms with Gasteiger partial charge >= 0.3 is 0 Å². The molecular formula is C16H18N4O2S. The molecule has 0 aliphatic heterocycles. The second-order valence-electron chi connectivity index (χ2n) is 5.30. The van der Waals surface area contributed by atoms with Crippen LogP contribution in [-0.2, 0) is 16.6 Å². The van der Waals surface area contributed by atoms with Gasteiger partial charge in [-0.2, -0.15) is 5.10 Å². The Bertz CT molecular complexity index is 905. The number of nitrogens with zero attached hydrogens (tertiary/aromatic N) is 3. The molecule has 0 saturated heterocycles. The highest BCUT2D eigenvalue weighted by atomic mass is 32.2. The number of pyridine rings is 1. The monoisotopic (exact) mass is 330 g/mol. The predicted octanol–water partition coefficient (Wildman–Crippen LogP) is 2.11. The molecule has 0 saturated carbocycles. The van der Waals surface area contributed by atoms with Crippen molar-refractivity contribution in [1.29, 1.82) is 0 Å². The van der Waals surface area contributed by atoms with Crippen LogP contribution in [0.1, 0.15) is 12.1 Å². The number of rotatable bonds is 6. The maximum absolute atomic E-state index is 12.5. The largest absolute Gasteiger partial charge is 0.273 e. The zero-order chi connectivity index (χ0) is 16.3. The Morgan fingerprint density at radius 3 is 2.83 bits per heavy atom. The Hall–Kier alpha value is -2.25. The second kappa shape index (κ2) is 6.47. The molecule has 3 rings (SSSR count). The highest BCUT2D eigenvalue weighted by molar-refractivity contribution is 7.89. The van der Waals surface area contributed by atoms with Crippen LogP contribution in [0.15, 0.2) is 53.7 Å². The molecule has 0 aliphatic rings. The number of aromatic nitrogens is 3. The van der Waals surface area contributed by atoms with Gasteiger partial charge < -0.3 is 0 Å². The highest BCUT2D eigenvalue weighted by Crippen LogP contribution is 2.21. The topological polar surface area (TPSA) is 76.9 Å². The molecule has 1 N–H and O–H groups in total. The Balaban J connectivity index is 1.75. The molecule has 1 aromatic carbocycles. The minimum atomic E-state index is -3.59. The molecule has 3 aromatic rings. The number of hydrogen-bond donors (Lipinski definition) is 1. The van der Waals surface area contributed by atoms with Gasteiger partial charge in [0.15, 0.2) is 0 Å². The number of nitrogens with one attached hydrogen (secondary N) is 1. The van der Waals surface area contributed by atoms with Crippen LogP contribution in [0.5, 0.6) is 0 Å². The van der Waals surface area contributed by atoms with Crippen molar-refractivity contribution in [3.05, 3.63) is 54.5 Å². The lowest BCUT2D eigenvalue weighted by atomic mass is 10.2. The Morgan fingerprint density at radius 2 is 2.04 bits per heavy atom. The minimum absolute atomic E-state index is 0.220. The maximum atomic E-state index is 12.5. The lowest BCUT2D eigenvalue weighted by molar-refractivity contribution is 0.553. The molecule has 0 amide bonds. The van der Waals surface area contributed by atoms with E-state index in [1.165, 1.54) is 0 Å². The van der Waals surface area contributed by atoms with Crippen molar-refractivity contribution in [2.45, 2.75) is 24.8 Å². The van der Waals surface area contributed by atoms with E-state index in [1.54, 1.807) is 23.0 Å². The van der Waals surface area contributed by atoms with Crippen molar-refractivity contribution in [2.75, 3.05) is 6.54 Å². The molecule has 0 fully saturated rings. The fourth-order valence-corrected chi connectivity index (χ4v) is 3.64. The summed E-state index contributed by atoms with van der Waals surface area (Å²) < 4.78 is 29.5. The highest BCUT2D eigenvalue weighted by Gasteiger charge is 2.17. The normalized spacial score (nSPS) is 11.9. The SMILES string of the molecule is Cc1ccc2cccc(S(=O)(=O)NCCCn3cccn3)c2n1. The molecule has 23 heavy (non-hydrogen) atoms. The molecule has 0 unspecified atom stereocenters. The Kier molecular flexibility index (Phi) is 4.40. The van der Waals surface area contributed by atoms with E-state index in [1.807, 2.05) is 37.4 Å². The van der Waals surface area contributed by atoms with E-state index >= 15 is 0 Å². The number of fused-ring (bicyclic) bond motifs is 1. The molecule has 7 heteroatoms. The second-order valence-corrected chi connectivity index (χ2v) is 7.04. The van der Waals surface area contributed by atoms with Crippen LogP contribution in [0.25, 0.3) is 10.9 Å². The Labute approximate surface area is 135 Å². The molecule has 2 aromatic heterocycles. The summed E-state index contributed by atoms with van der Waals surface area (Å²) in [6.07, 6.45) is 4.22. The van der Waals surface area contributed by atoms with Crippen molar-refractivity contribution < 1.29 is 8.42 Å². The van der Waals surface area contributed by atoms with Gasteiger partial charge in [-0.1, -0.05) is 18.2 Å². The summed E-state index contributed by atoms with van der Waals surface area (Å²) in [5, 5.41) is 4.90. The van der Waals surface area contributed by atoms with Gasteiger partial charge in [0.05, 0.1) is 5.52 Å². The van der Waals surface area contributed by atoms with Gasteiger partial charge in [0.1, 0.15) is 4.90 Å². The van der Waals surface area contributed by atoms with Gasteiger partial charge in [0.2, 0.25) is 10.0 Å². The van der Waals surface area contributed by atoms with E-state index in [4.69, 9.17) is 0 Å². The minimum Gasteiger partial charge on any atom is -0.273 e. The van der Waals surface area contributed by atoms with Gasteiger partial charge in [-0.3, -0.25) is 9.67 Å². The van der Waals surface area contributed by atoms with E-state index in [9.17, 15) is 8.42 Å². The molecule has 0 radical (unpaired) electrons. The summed E-state index contributed by atoms with van der Waals surface area (Å²) in [5.41, 5.74) is 1.30. The van der Waals surface area contributed by atoms with Crippen LogP contribution in [0.4, 0.5) is 0 Å². The van der Waals surface area contributed by atoms with E-state index < -0.39 is 10.0 Å². The first kappa shape index (κ1) is 15.6. The first-order chi connectivity index (χ1) is 11.1. The number of hydrogen-bond acceptors (Lipinski definition) is 4. The lowest BCUT2D eigenvalue weighted by Gasteiger charge is -2.09. The molecule has 0 bridgehead atoms. The molecule has 0 atom stereocenters. The van der Waals surface area contributed by atoms with Gasteiger partial charge in [-0.05, 0) is 31.5 Å². The fourth-order valence-electron chi connectivity index (χ4n) is 2.39. The quantitative estimate of drug-likeness (QED) is 0.702. The van der Waals surface area contributed by atoms with Crippen molar-refractivity contribution >= 4 is 20.9 Å². The lowest BCUT2D eigenvalue weighted by Crippen LogP contribution is -2.26. The van der Waals surface area contributed by atoms with Crippen LogP contribution in [0, 0.1) is 6.92 Å². The summed E-state index contributed by atoms with van der Waals surface area (Å²) in [4.78, 5) is 4.60. The van der Waals surface area contributed by atoms with E-state index in [0.717, 1.165) is 11.1 Å². The molecule has 0 spiro atoms. The molecular weight excluding hydrogens is 312 g/mol. The maximum Gasteiger partial charge on any atom is 0.242 e. The zero-order valence-corrected chi connectivity index (χ0v) is 13.6. The number of benzene rings is 1. The smallest absolute Gasteiger partial charge is 0.242 e. The predicted molar refractivity (Wildman–Crippen MR) is 88.5 cm³/mol. The third-order valence-electron chi connectivity index (χ3n) is 3.53. The number of para-hydroxylation sites is 1. The third-order valence-corrected chi connectivity index (χ3v) is 5.02. The first-order valence-corrected chi connectivity index (χ1v) is 8.88. The average Bonchev–Trinajstić information content (AvgIpc) is 3.04. The van der Waals surface area contributed by atoms with Crippen molar-refractivity contribution in [1.82, 2.24) is 19.5 Å². The first-order valence-electron chi connectivity index (χ1n) is 7.40. The van der Waals surface area contributed by atoms with Crippen molar-refractivity contribution in [3.8, 4) is 0 Å². The molecule has 2 heterocycles. The van der Waals surface area contributed by atoms with Crippen molar-refractivity contribution in [3.63, 3.8) is 0 Å². The fraction of sp³-hybridized carbons (Fsp3) is 0.250.